The van der Waals surface area contributed by atoms with Crippen LogP contribution in [0.5, 0.6) is 11.5 Å². The highest BCUT2D eigenvalue weighted by Gasteiger charge is 2.14. The lowest BCUT2D eigenvalue weighted by atomic mass is 10.1. The number of nitrogens with zero attached hydrogens (tertiary/aromatic N) is 2. The molecule has 0 fully saturated rings. The van der Waals surface area contributed by atoms with Gasteiger partial charge in [-0.1, -0.05) is 52.7 Å². The van der Waals surface area contributed by atoms with Gasteiger partial charge in [0.2, 0.25) is 0 Å². The summed E-state index contributed by atoms with van der Waals surface area (Å²) in [4.78, 5) is 18.6. The van der Waals surface area contributed by atoms with Gasteiger partial charge in [0.25, 0.3) is 5.56 Å². The number of fused-ring (bicyclic) bond motifs is 3. The predicted octanol–water partition coefficient (Wildman–Crippen LogP) is 5.97. The number of thiazole rings is 1. The van der Waals surface area contributed by atoms with Crippen LogP contribution in [-0.4, -0.2) is 16.5 Å². The van der Waals surface area contributed by atoms with Gasteiger partial charge in [-0.25, -0.2) is 9.38 Å². The summed E-state index contributed by atoms with van der Waals surface area (Å²) < 4.78 is 13.7. The zero-order chi connectivity index (χ0) is 24.0. The molecule has 2 heterocycles. The van der Waals surface area contributed by atoms with Crippen molar-refractivity contribution in [3.05, 3.63) is 95.7 Å². The van der Waals surface area contributed by atoms with Crippen LogP contribution in [0.3, 0.4) is 0 Å². The average Bonchev–Trinajstić information content (AvgIpc) is 3.33. The third-order valence-corrected chi connectivity index (χ3v) is 7.37. The smallest absolute Gasteiger partial charge is 0.274 e. The first kappa shape index (κ1) is 22.7. The van der Waals surface area contributed by atoms with Crippen LogP contribution in [0.1, 0.15) is 22.3 Å². The zero-order valence-corrected chi connectivity index (χ0v) is 21.0. The highest BCUT2D eigenvalue weighted by Crippen LogP contribution is 2.30. The van der Waals surface area contributed by atoms with Gasteiger partial charge in [0.1, 0.15) is 6.61 Å². The van der Waals surface area contributed by atoms with E-state index in [4.69, 9.17) is 37.7 Å². The fraction of sp³-hybridized carbons (Fsp3) is 0.154. The molecule has 0 aliphatic rings. The minimum absolute atomic E-state index is 0.0811. The van der Waals surface area contributed by atoms with Crippen molar-refractivity contribution in [2.45, 2.75) is 20.5 Å². The van der Waals surface area contributed by atoms with Crippen molar-refractivity contribution in [2.75, 3.05) is 7.11 Å². The minimum Gasteiger partial charge on any atom is -0.493 e. The molecule has 0 aliphatic heterocycles. The average molecular weight is 511 g/mol. The standard InChI is InChI=1S/C26H20Cl2N2O3S/c1-14-4-8-20-24(15(14)2)29-26-30(20)25(31)23(34-26)11-16-5-9-21(22(10-16)32-3)33-13-17-6-7-18(27)12-19(17)28/h4-12H,13H2,1-3H3/b23-11-. The lowest BCUT2D eigenvalue weighted by molar-refractivity contribution is 0.284. The van der Waals surface area contributed by atoms with E-state index in [0.717, 1.165) is 33.3 Å². The van der Waals surface area contributed by atoms with E-state index >= 15 is 0 Å². The van der Waals surface area contributed by atoms with Gasteiger partial charge in [0, 0.05) is 15.6 Å². The molecule has 2 aromatic heterocycles. The maximum Gasteiger partial charge on any atom is 0.274 e. The third kappa shape index (κ3) is 4.02. The van der Waals surface area contributed by atoms with E-state index in [2.05, 4.69) is 0 Å². The van der Waals surface area contributed by atoms with Crippen molar-refractivity contribution < 1.29 is 9.47 Å². The molecule has 0 unspecified atom stereocenters. The second kappa shape index (κ2) is 8.95. The Kier molecular flexibility index (Phi) is 5.98. The quantitative estimate of drug-likeness (QED) is 0.292. The molecule has 0 aliphatic carbocycles. The fourth-order valence-electron chi connectivity index (χ4n) is 3.80. The Morgan fingerprint density at radius 3 is 2.65 bits per heavy atom. The van der Waals surface area contributed by atoms with E-state index < -0.39 is 0 Å². The Labute approximate surface area is 209 Å². The van der Waals surface area contributed by atoms with E-state index in [1.807, 2.05) is 56.3 Å². The number of methoxy groups -OCH3 is 1. The lowest BCUT2D eigenvalue weighted by Crippen LogP contribution is -2.22. The molecular weight excluding hydrogens is 491 g/mol. The molecule has 5 rings (SSSR count). The number of aryl methyl sites for hydroxylation is 2. The summed E-state index contributed by atoms with van der Waals surface area (Å²) >= 11 is 13.6. The summed E-state index contributed by atoms with van der Waals surface area (Å²) in [5.41, 5.74) is 5.53. The van der Waals surface area contributed by atoms with Crippen LogP contribution >= 0.6 is 34.5 Å². The summed E-state index contributed by atoms with van der Waals surface area (Å²) in [6.07, 6.45) is 1.84. The molecule has 3 aromatic carbocycles. The number of benzene rings is 3. The maximum absolute atomic E-state index is 13.2. The van der Waals surface area contributed by atoms with Gasteiger partial charge in [-0.05, 0) is 66.9 Å². The molecule has 0 saturated carbocycles. The van der Waals surface area contributed by atoms with E-state index in [1.54, 1.807) is 23.6 Å². The Bertz CT molecular complexity index is 1670. The van der Waals surface area contributed by atoms with Gasteiger partial charge in [0.05, 0.1) is 22.7 Å². The summed E-state index contributed by atoms with van der Waals surface area (Å²) in [6.45, 7) is 4.35. The number of aromatic nitrogens is 2. The van der Waals surface area contributed by atoms with Crippen LogP contribution < -0.4 is 19.6 Å². The fourth-order valence-corrected chi connectivity index (χ4v) is 5.25. The second-order valence-corrected chi connectivity index (χ2v) is 9.81. The molecule has 0 saturated heterocycles. The molecule has 0 amide bonds. The lowest BCUT2D eigenvalue weighted by Gasteiger charge is -2.12. The molecular formula is C26H20Cl2N2O3S. The van der Waals surface area contributed by atoms with Gasteiger partial charge >= 0.3 is 0 Å². The van der Waals surface area contributed by atoms with Crippen LogP contribution in [-0.2, 0) is 6.61 Å². The van der Waals surface area contributed by atoms with Crippen LogP contribution in [0, 0.1) is 13.8 Å². The number of rotatable bonds is 5. The van der Waals surface area contributed by atoms with E-state index in [-0.39, 0.29) is 12.2 Å². The molecule has 172 valence electrons. The van der Waals surface area contributed by atoms with Crippen molar-refractivity contribution >= 4 is 56.6 Å². The Morgan fingerprint density at radius 1 is 1.06 bits per heavy atom. The van der Waals surface area contributed by atoms with Gasteiger partial charge in [-0.3, -0.25) is 4.79 Å². The molecule has 34 heavy (non-hydrogen) atoms. The van der Waals surface area contributed by atoms with E-state index in [0.29, 0.717) is 31.0 Å². The van der Waals surface area contributed by atoms with Crippen molar-refractivity contribution in [3.63, 3.8) is 0 Å². The summed E-state index contributed by atoms with van der Waals surface area (Å²) in [5.74, 6) is 1.13. The molecule has 5 aromatic rings. The molecule has 8 heteroatoms. The molecule has 0 spiro atoms. The predicted molar refractivity (Wildman–Crippen MR) is 139 cm³/mol. The van der Waals surface area contributed by atoms with Crippen molar-refractivity contribution in [3.8, 4) is 11.5 Å². The minimum atomic E-state index is -0.0811. The first-order valence-corrected chi connectivity index (χ1v) is 12.1. The molecule has 0 N–H and O–H groups in total. The molecule has 5 nitrogen and oxygen atoms in total. The highest BCUT2D eigenvalue weighted by molar-refractivity contribution is 7.15. The summed E-state index contributed by atoms with van der Waals surface area (Å²) in [5, 5.41) is 1.11. The summed E-state index contributed by atoms with van der Waals surface area (Å²) in [6, 6.07) is 14.8. The second-order valence-electron chi connectivity index (χ2n) is 7.96. The van der Waals surface area contributed by atoms with E-state index in [9.17, 15) is 4.79 Å². The highest BCUT2D eigenvalue weighted by atomic mass is 35.5. The number of ether oxygens (including phenoxy) is 2. The monoisotopic (exact) mass is 510 g/mol. The zero-order valence-electron chi connectivity index (χ0n) is 18.7. The van der Waals surface area contributed by atoms with Crippen LogP contribution in [0.2, 0.25) is 10.0 Å². The van der Waals surface area contributed by atoms with Gasteiger partial charge in [-0.2, -0.15) is 0 Å². The van der Waals surface area contributed by atoms with E-state index in [1.165, 1.54) is 11.3 Å². The summed E-state index contributed by atoms with van der Waals surface area (Å²) in [7, 11) is 1.58. The van der Waals surface area contributed by atoms with Gasteiger partial charge in [0.15, 0.2) is 16.5 Å². The van der Waals surface area contributed by atoms with Crippen LogP contribution in [0.4, 0.5) is 0 Å². The van der Waals surface area contributed by atoms with Crippen LogP contribution in [0.15, 0.2) is 53.3 Å². The first-order valence-electron chi connectivity index (χ1n) is 10.5. The first-order chi connectivity index (χ1) is 16.4. The van der Waals surface area contributed by atoms with Crippen LogP contribution in [0.25, 0.3) is 22.1 Å². The van der Waals surface area contributed by atoms with Crippen molar-refractivity contribution in [1.29, 1.82) is 0 Å². The molecule has 0 radical (unpaired) electrons. The number of hydrogen-bond donors (Lipinski definition) is 0. The third-order valence-electron chi connectivity index (χ3n) is 5.82. The van der Waals surface area contributed by atoms with Crippen molar-refractivity contribution in [2.24, 2.45) is 0 Å². The number of imidazole rings is 1. The largest absolute Gasteiger partial charge is 0.493 e. The molecule has 0 bridgehead atoms. The van der Waals surface area contributed by atoms with Gasteiger partial charge < -0.3 is 9.47 Å². The topological polar surface area (TPSA) is 52.8 Å². The normalized spacial score (nSPS) is 12.1. The van der Waals surface area contributed by atoms with Gasteiger partial charge in [-0.15, -0.1) is 0 Å². The maximum atomic E-state index is 13.2. The Morgan fingerprint density at radius 2 is 1.88 bits per heavy atom. The molecule has 0 atom stereocenters. The Balaban J connectivity index is 1.48. The van der Waals surface area contributed by atoms with Crippen molar-refractivity contribution in [1.82, 2.24) is 9.38 Å². The number of hydrogen-bond acceptors (Lipinski definition) is 5. The Hall–Kier alpha value is -3.06. The number of halogens is 2. The SMILES string of the molecule is COc1cc(/C=c2\sc3nc4c(C)c(C)ccc4n3c2=O)ccc1OCc1ccc(Cl)cc1Cl.